The van der Waals surface area contributed by atoms with Crippen LogP contribution in [0.3, 0.4) is 0 Å². The van der Waals surface area contributed by atoms with E-state index in [1.54, 1.807) is 13.2 Å². The number of aryl methyl sites for hydroxylation is 1. The van der Waals surface area contributed by atoms with Crippen molar-refractivity contribution in [1.29, 1.82) is 0 Å². The van der Waals surface area contributed by atoms with Gasteiger partial charge in [-0.1, -0.05) is 23.9 Å². The third-order valence-electron chi connectivity index (χ3n) is 3.84. The van der Waals surface area contributed by atoms with Crippen LogP contribution < -0.4 is 10.3 Å². The first kappa shape index (κ1) is 15.6. The zero-order valence-electron chi connectivity index (χ0n) is 13.7. The first-order valence-corrected chi connectivity index (χ1v) is 8.64. The standard InChI is InChI=1S/C17H15N5O2S/c1-9-4-3-5-10-14(9)16(23)20-12(18-10)8-25-17-19-11-6-7-13(24-2)21-15(11)22-17/h3-7H,8H2,1-2H3,(H,18,20,23)(H,19,21,22). The Hall–Kier alpha value is -2.87. The lowest BCUT2D eigenvalue weighted by molar-refractivity contribution is 0.399. The highest BCUT2D eigenvalue weighted by atomic mass is 32.2. The largest absolute Gasteiger partial charge is 0.481 e. The van der Waals surface area contributed by atoms with Gasteiger partial charge in [0.2, 0.25) is 5.88 Å². The number of pyridine rings is 1. The normalized spacial score (nSPS) is 11.3. The number of nitrogens with zero attached hydrogens (tertiary/aromatic N) is 3. The van der Waals surface area contributed by atoms with E-state index < -0.39 is 0 Å². The van der Waals surface area contributed by atoms with Crippen LogP contribution in [0.5, 0.6) is 5.88 Å². The maximum atomic E-state index is 12.3. The molecule has 0 radical (unpaired) electrons. The summed E-state index contributed by atoms with van der Waals surface area (Å²) in [6.07, 6.45) is 0. The molecule has 3 heterocycles. The molecule has 126 valence electrons. The Morgan fingerprint density at radius 3 is 2.84 bits per heavy atom. The second-order valence-electron chi connectivity index (χ2n) is 5.54. The molecule has 0 spiro atoms. The van der Waals surface area contributed by atoms with Crippen LogP contribution in [-0.4, -0.2) is 32.0 Å². The summed E-state index contributed by atoms with van der Waals surface area (Å²) >= 11 is 1.45. The molecule has 0 amide bonds. The molecule has 0 saturated carbocycles. The second-order valence-corrected chi connectivity index (χ2v) is 6.50. The van der Waals surface area contributed by atoms with Crippen molar-refractivity contribution >= 4 is 33.8 Å². The van der Waals surface area contributed by atoms with Gasteiger partial charge in [0.05, 0.1) is 29.3 Å². The first-order chi connectivity index (χ1) is 12.1. The van der Waals surface area contributed by atoms with Crippen molar-refractivity contribution in [2.75, 3.05) is 7.11 Å². The fourth-order valence-corrected chi connectivity index (χ4v) is 3.39. The molecule has 2 N–H and O–H groups in total. The number of aromatic nitrogens is 5. The molecule has 0 aliphatic carbocycles. The van der Waals surface area contributed by atoms with Gasteiger partial charge >= 0.3 is 0 Å². The summed E-state index contributed by atoms with van der Waals surface area (Å²) < 4.78 is 5.10. The number of H-pyrrole nitrogens is 2. The molecule has 4 aromatic rings. The maximum Gasteiger partial charge on any atom is 0.259 e. The Bertz CT molecular complexity index is 1130. The summed E-state index contributed by atoms with van der Waals surface area (Å²) in [4.78, 5) is 31.6. The number of rotatable bonds is 4. The van der Waals surface area contributed by atoms with Crippen LogP contribution in [0.15, 0.2) is 40.3 Å². The molecule has 4 rings (SSSR count). The molecule has 0 bridgehead atoms. The lowest BCUT2D eigenvalue weighted by Gasteiger charge is -2.03. The molecular formula is C17H15N5O2S. The van der Waals surface area contributed by atoms with E-state index in [0.717, 1.165) is 11.1 Å². The molecule has 8 heteroatoms. The summed E-state index contributed by atoms with van der Waals surface area (Å²) in [5, 5.41) is 1.35. The molecule has 0 atom stereocenters. The lowest BCUT2D eigenvalue weighted by atomic mass is 10.1. The van der Waals surface area contributed by atoms with Crippen molar-refractivity contribution in [3.63, 3.8) is 0 Å². The molecule has 0 unspecified atom stereocenters. The summed E-state index contributed by atoms with van der Waals surface area (Å²) in [6, 6.07) is 9.31. The van der Waals surface area contributed by atoms with Gasteiger partial charge in [0.1, 0.15) is 5.82 Å². The minimum absolute atomic E-state index is 0.116. The first-order valence-electron chi connectivity index (χ1n) is 7.66. The van der Waals surface area contributed by atoms with Crippen LogP contribution in [0.2, 0.25) is 0 Å². The number of thioether (sulfide) groups is 1. The van der Waals surface area contributed by atoms with Gasteiger partial charge in [-0.25, -0.2) is 9.97 Å². The van der Waals surface area contributed by atoms with E-state index in [2.05, 4.69) is 24.9 Å². The van der Waals surface area contributed by atoms with Crippen molar-refractivity contribution in [2.45, 2.75) is 17.8 Å². The van der Waals surface area contributed by atoms with Crippen LogP contribution in [-0.2, 0) is 5.75 Å². The molecule has 0 saturated heterocycles. The molecule has 0 aliphatic rings. The molecule has 7 nitrogen and oxygen atoms in total. The minimum atomic E-state index is -0.116. The number of nitrogens with one attached hydrogen (secondary N) is 2. The van der Waals surface area contributed by atoms with E-state index in [-0.39, 0.29) is 5.56 Å². The number of fused-ring (bicyclic) bond motifs is 2. The SMILES string of the molecule is COc1ccc2[nH]c(SCc3nc4cccc(C)c4c(=O)[nH]3)nc2n1. The number of hydrogen-bond donors (Lipinski definition) is 2. The highest BCUT2D eigenvalue weighted by Gasteiger charge is 2.09. The van der Waals surface area contributed by atoms with Crippen LogP contribution in [0.4, 0.5) is 0 Å². The lowest BCUT2D eigenvalue weighted by Crippen LogP contribution is -2.12. The van der Waals surface area contributed by atoms with Crippen LogP contribution in [0.1, 0.15) is 11.4 Å². The topological polar surface area (TPSA) is 96.5 Å². The average Bonchev–Trinajstić information content (AvgIpc) is 3.01. The minimum Gasteiger partial charge on any atom is -0.481 e. The third-order valence-corrected chi connectivity index (χ3v) is 4.73. The van der Waals surface area contributed by atoms with E-state index in [1.807, 2.05) is 31.2 Å². The highest BCUT2D eigenvalue weighted by molar-refractivity contribution is 7.98. The third kappa shape index (κ3) is 2.96. The zero-order chi connectivity index (χ0) is 17.4. The smallest absolute Gasteiger partial charge is 0.259 e. The van der Waals surface area contributed by atoms with Crippen molar-refractivity contribution in [2.24, 2.45) is 0 Å². The molecule has 25 heavy (non-hydrogen) atoms. The number of imidazole rings is 1. The van der Waals surface area contributed by atoms with Gasteiger partial charge in [0.15, 0.2) is 10.8 Å². The number of benzene rings is 1. The Morgan fingerprint density at radius 2 is 2.00 bits per heavy atom. The predicted octanol–water partition coefficient (Wildman–Crippen LogP) is 2.80. The number of hydrogen-bond acceptors (Lipinski definition) is 6. The maximum absolute atomic E-state index is 12.3. The van der Waals surface area contributed by atoms with Gasteiger partial charge in [0.25, 0.3) is 5.56 Å². The van der Waals surface area contributed by atoms with Crippen LogP contribution in [0.25, 0.3) is 22.1 Å². The summed E-state index contributed by atoms with van der Waals surface area (Å²) in [6.45, 7) is 1.91. The molecule has 0 fully saturated rings. The van der Waals surface area contributed by atoms with Gasteiger partial charge in [0, 0.05) is 6.07 Å². The van der Waals surface area contributed by atoms with Crippen molar-refractivity contribution in [3.05, 3.63) is 52.1 Å². The molecule has 0 aliphatic heterocycles. The quantitative estimate of drug-likeness (QED) is 0.548. The number of ether oxygens (including phenoxy) is 1. The van der Waals surface area contributed by atoms with E-state index >= 15 is 0 Å². The van der Waals surface area contributed by atoms with E-state index in [4.69, 9.17) is 4.74 Å². The summed E-state index contributed by atoms with van der Waals surface area (Å²) in [5.74, 6) is 1.63. The van der Waals surface area contributed by atoms with Gasteiger partial charge in [-0.3, -0.25) is 4.79 Å². The van der Waals surface area contributed by atoms with E-state index in [1.165, 1.54) is 11.8 Å². The van der Waals surface area contributed by atoms with Crippen molar-refractivity contribution < 1.29 is 4.74 Å². The Labute approximate surface area is 146 Å². The van der Waals surface area contributed by atoms with Gasteiger partial charge < -0.3 is 14.7 Å². The van der Waals surface area contributed by atoms with Crippen molar-refractivity contribution in [1.82, 2.24) is 24.9 Å². The number of methoxy groups -OCH3 is 1. The Balaban J connectivity index is 1.61. The van der Waals surface area contributed by atoms with Crippen LogP contribution in [0, 0.1) is 6.92 Å². The van der Waals surface area contributed by atoms with E-state index in [9.17, 15) is 4.79 Å². The zero-order valence-corrected chi connectivity index (χ0v) is 14.5. The highest BCUT2D eigenvalue weighted by Crippen LogP contribution is 2.23. The molecular weight excluding hydrogens is 338 g/mol. The average molecular weight is 353 g/mol. The summed E-state index contributed by atoms with van der Waals surface area (Å²) in [7, 11) is 1.57. The van der Waals surface area contributed by atoms with E-state index in [0.29, 0.717) is 39.2 Å². The molecule has 1 aromatic carbocycles. The van der Waals surface area contributed by atoms with Crippen LogP contribution >= 0.6 is 11.8 Å². The van der Waals surface area contributed by atoms with Gasteiger partial charge in [-0.15, -0.1) is 0 Å². The Kier molecular flexibility index (Phi) is 3.89. The summed E-state index contributed by atoms with van der Waals surface area (Å²) in [5.41, 5.74) is 2.93. The fourth-order valence-electron chi connectivity index (χ4n) is 2.65. The monoisotopic (exact) mass is 353 g/mol. The Morgan fingerprint density at radius 1 is 1.12 bits per heavy atom. The predicted molar refractivity (Wildman–Crippen MR) is 97.1 cm³/mol. The van der Waals surface area contributed by atoms with Crippen molar-refractivity contribution in [3.8, 4) is 5.88 Å². The fraction of sp³-hybridized carbons (Fsp3) is 0.176. The second kappa shape index (κ2) is 6.21. The molecule has 3 aromatic heterocycles. The van der Waals surface area contributed by atoms with Gasteiger partial charge in [-0.2, -0.15) is 4.98 Å². The van der Waals surface area contributed by atoms with Gasteiger partial charge in [-0.05, 0) is 24.6 Å². The number of aromatic amines is 2.